The summed E-state index contributed by atoms with van der Waals surface area (Å²) in [6, 6.07) is 101. The largest absolute Gasteiger partial charge is 0.309 e. The fraction of sp³-hybridized carbons (Fsp3) is 0.0571. The second kappa shape index (κ2) is 17.0. The standard InChI is InChI=1S/C70H51N/c1-69(2)61-40-20-18-37-60(61)67-59(39-23-42-63(67)69)57-35-19-22-43-65(57)71(66-44-24-38-54(49-27-9-4-10-28-49)68(66)58-36-16-15-33-53(58)48-25-7-3-8-26-48)52-45-46-56-55-34-17-21-41-62(55)70(64(56)47-52,50-29-11-5-12-30-50)51-31-13-6-14-32-51/h3-47H,1-2H3. The molecule has 0 saturated carbocycles. The van der Waals surface area contributed by atoms with Gasteiger partial charge in [0.25, 0.3) is 0 Å². The van der Waals surface area contributed by atoms with Gasteiger partial charge in [-0.05, 0) is 113 Å². The maximum absolute atomic E-state index is 2.58. The van der Waals surface area contributed by atoms with E-state index in [-0.39, 0.29) is 5.41 Å². The van der Waals surface area contributed by atoms with Crippen LogP contribution in [0.4, 0.5) is 17.1 Å². The van der Waals surface area contributed by atoms with Crippen molar-refractivity contribution in [1.29, 1.82) is 0 Å². The fourth-order valence-electron chi connectivity index (χ4n) is 12.3. The van der Waals surface area contributed by atoms with Crippen LogP contribution in [0.15, 0.2) is 273 Å². The van der Waals surface area contributed by atoms with E-state index in [4.69, 9.17) is 0 Å². The Hall–Kier alpha value is -8.78. The van der Waals surface area contributed by atoms with Crippen LogP contribution in [0.2, 0.25) is 0 Å². The third-order valence-electron chi connectivity index (χ3n) is 15.4. The molecule has 0 radical (unpaired) electrons. The number of anilines is 3. The maximum Gasteiger partial charge on any atom is 0.0714 e. The second-order valence-electron chi connectivity index (χ2n) is 19.5. The van der Waals surface area contributed by atoms with E-state index in [0.29, 0.717) is 0 Å². The summed E-state index contributed by atoms with van der Waals surface area (Å²) in [5.41, 5.74) is 24.8. The van der Waals surface area contributed by atoms with E-state index in [1.165, 1.54) is 94.6 Å². The first kappa shape index (κ1) is 42.3. The first-order chi connectivity index (χ1) is 35.0. The van der Waals surface area contributed by atoms with Crippen molar-refractivity contribution in [3.8, 4) is 66.8 Å². The van der Waals surface area contributed by atoms with Gasteiger partial charge < -0.3 is 4.90 Å². The van der Waals surface area contributed by atoms with Crippen LogP contribution in [-0.4, -0.2) is 0 Å². The fourth-order valence-corrected chi connectivity index (χ4v) is 12.3. The Labute approximate surface area is 417 Å². The quantitative estimate of drug-likeness (QED) is 0.139. The summed E-state index contributed by atoms with van der Waals surface area (Å²) in [6.45, 7) is 4.75. The summed E-state index contributed by atoms with van der Waals surface area (Å²) in [4.78, 5) is 2.58. The highest BCUT2D eigenvalue weighted by atomic mass is 15.1. The summed E-state index contributed by atoms with van der Waals surface area (Å²) in [7, 11) is 0. The van der Waals surface area contributed by atoms with Crippen LogP contribution in [-0.2, 0) is 10.8 Å². The zero-order valence-electron chi connectivity index (χ0n) is 39.9. The van der Waals surface area contributed by atoms with Crippen molar-refractivity contribution in [1.82, 2.24) is 0 Å². The molecule has 0 saturated heterocycles. The molecule has 0 bridgehead atoms. The van der Waals surface area contributed by atoms with Gasteiger partial charge in [-0.15, -0.1) is 0 Å². The van der Waals surface area contributed by atoms with E-state index in [2.05, 4.69) is 292 Å². The Morgan fingerprint density at radius 2 is 0.718 bits per heavy atom. The molecular weight excluding hydrogens is 855 g/mol. The minimum absolute atomic E-state index is 0.151. The Balaban J connectivity index is 1.15. The first-order valence-electron chi connectivity index (χ1n) is 24.8. The molecule has 2 aliphatic rings. The summed E-state index contributed by atoms with van der Waals surface area (Å²) in [5, 5.41) is 0. The molecule has 2 aliphatic carbocycles. The molecule has 0 spiro atoms. The van der Waals surface area contributed by atoms with Gasteiger partial charge in [0, 0.05) is 22.2 Å². The highest BCUT2D eigenvalue weighted by Gasteiger charge is 2.46. The lowest BCUT2D eigenvalue weighted by Crippen LogP contribution is -2.28. The highest BCUT2D eigenvalue weighted by Crippen LogP contribution is 2.59. The normalized spacial score (nSPS) is 13.4. The van der Waals surface area contributed by atoms with Gasteiger partial charge in [-0.2, -0.15) is 0 Å². The van der Waals surface area contributed by atoms with Crippen molar-refractivity contribution in [2.24, 2.45) is 0 Å². The van der Waals surface area contributed by atoms with Gasteiger partial charge in [-0.25, -0.2) is 0 Å². The van der Waals surface area contributed by atoms with E-state index < -0.39 is 5.41 Å². The lowest BCUT2D eigenvalue weighted by molar-refractivity contribution is 0.660. The molecule has 336 valence electrons. The molecule has 1 heteroatoms. The number of fused-ring (bicyclic) bond motifs is 6. The molecule has 0 N–H and O–H groups in total. The van der Waals surface area contributed by atoms with Crippen LogP contribution >= 0.6 is 0 Å². The zero-order chi connectivity index (χ0) is 47.5. The number of para-hydroxylation sites is 1. The average Bonchev–Trinajstić information content (AvgIpc) is 3.87. The average molecular weight is 906 g/mol. The molecule has 11 aromatic rings. The lowest BCUT2D eigenvalue weighted by atomic mass is 9.67. The highest BCUT2D eigenvalue weighted by molar-refractivity contribution is 6.05. The molecule has 0 atom stereocenters. The lowest BCUT2D eigenvalue weighted by Gasteiger charge is -2.35. The van der Waals surface area contributed by atoms with Crippen molar-refractivity contribution in [2.45, 2.75) is 24.7 Å². The zero-order valence-corrected chi connectivity index (χ0v) is 39.9. The van der Waals surface area contributed by atoms with Gasteiger partial charge >= 0.3 is 0 Å². The van der Waals surface area contributed by atoms with Crippen LogP contribution in [0.3, 0.4) is 0 Å². The molecule has 0 amide bonds. The monoisotopic (exact) mass is 905 g/mol. The predicted octanol–water partition coefficient (Wildman–Crippen LogP) is 18.5. The van der Waals surface area contributed by atoms with Crippen LogP contribution in [0.25, 0.3) is 66.8 Å². The molecule has 11 aromatic carbocycles. The van der Waals surface area contributed by atoms with E-state index in [1.54, 1.807) is 0 Å². The Morgan fingerprint density at radius 1 is 0.268 bits per heavy atom. The Morgan fingerprint density at radius 3 is 1.39 bits per heavy atom. The third kappa shape index (κ3) is 6.61. The minimum Gasteiger partial charge on any atom is -0.309 e. The van der Waals surface area contributed by atoms with Gasteiger partial charge in [0.15, 0.2) is 0 Å². The van der Waals surface area contributed by atoms with E-state index >= 15 is 0 Å². The molecule has 1 nitrogen and oxygen atoms in total. The molecule has 0 unspecified atom stereocenters. The van der Waals surface area contributed by atoms with E-state index in [9.17, 15) is 0 Å². The topological polar surface area (TPSA) is 3.24 Å². The molecule has 13 rings (SSSR count). The summed E-state index contributed by atoms with van der Waals surface area (Å²) in [6.07, 6.45) is 0. The van der Waals surface area contributed by atoms with E-state index in [1.807, 2.05) is 0 Å². The van der Waals surface area contributed by atoms with Crippen LogP contribution < -0.4 is 4.90 Å². The maximum atomic E-state index is 2.58. The smallest absolute Gasteiger partial charge is 0.0714 e. The van der Waals surface area contributed by atoms with Crippen molar-refractivity contribution in [3.05, 3.63) is 306 Å². The van der Waals surface area contributed by atoms with Gasteiger partial charge in [-0.3, -0.25) is 0 Å². The van der Waals surface area contributed by atoms with Crippen molar-refractivity contribution in [2.75, 3.05) is 4.90 Å². The molecular formula is C70H51N. The Bertz CT molecular complexity index is 3740. The third-order valence-corrected chi connectivity index (χ3v) is 15.4. The van der Waals surface area contributed by atoms with Crippen molar-refractivity contribution < 1.29 is 0 Å². The number of nitrogens with zero attached hydrogens (tertiary/aromatic N) is 1. The number of benzene rings is 11. The molecule has 0 aliphatic heterocycles. The van der Waals surface area contributed by atoms with Crippen molar-refractivity contribution in [3.63, 3.8) is 0 Å². The number of rotatable bonds is 9. The molecule has 71 heavy (non-hydrogen) atoms. The predicted molar refractivity (Wildman–Crippen MR) is 298 cm³/mol. The first-order valence-corrected chi connectivity index (χ1v) is 24.8. The Kier molecular flexibility index (Phi) is 10.1. The van der Waals surface area contributed by atoms with Gasteiger partial charge in [0.2, 0.25) is 0 Å². The minimum atomic E-state index is -0.584. The van der Waals surface area contributed by atoms with E-state index in [0.717, 1.165) is 22.6 Å². The summed E-state index contributed by atoms with van der Waals surface area (Å²) >= 11 is 0. The summed E-state index contributed by atoms with van der Waals surface area (Å²) in [5.74, 6) is 0. The number of hydrogen-bond donors (Lipinski definition) is 0. The van der Waals surface area contributed by atoms with Crippen LogP contribution in [0.5, 0.6) is 0 Å². The van der Waals surface area contributed by atoms with Crippen LogP contribution in [0.1, 0.15) is 47.2 Å². The molecule has 0 heterocycles. The SMILES string of the molecule is CC1(C)c2ccccc2-c2c(-c3ccccc3N(c3ccc4c(c3)C(c3ccccc3)(c3ccccc3)c3ccccc3-4)c3cccc(-c4ccccc4)c3-c3ccccc3-c3ccccc3)cccc21. The van der Waals surface area contributed by atoms with Gasteiger partial charge in [0.05, 0.1) is 16.8 Å². The molecule has 0 aromatic heterocycles. The van der Waals surface area contributed by atoms with Crippen LogP contribution in [0, 0.1) is 0 Å². The number of hydrogen-bond acceptors (Lipinski definition) is 1. The van der Waals surface area contributed by atoms with Gasteiger partial charge in [-0.1, -0.05) is 263 Å². The van der Waals surface area contributed by atoms with Gasteiger partial charge in [0.1, 0.15) is 0 Å². The van der Waals surface area contributed by atoms with Crippen molar-refractivity contribution >= 4 is 17.1 Å². The summed E-state index contributed by atoms with van der Waals surface area (Å²) < 4.78 is 0. The molecule has 0 fully saturated rings. The second-order valence-corrected chi connectivity index (χ2v) is 19.5.